The number of aliphatic hydroxyl groups is 1. The van der Waals surface area contributed by atoms with Crippen LogP contribution in [0.5, 0.6) is 0 Å². The van der Waals surface area contributed by atoms with Crippen LogP contribution in [-0.4, -0.2) is 65.0 Å². The third-order valence-corrected chi connectivity index (χ3v) is 8.22. The van der Waals surface area contributed by atoms with Crippen molar-refractivity contribution in [3.05, 3.63) is 11.8 Å². The largest absolute Gasteiger partial charge is 0.390 e. The number of rotatable bonds is 5. The van der Waals surface area contributed by atoms with Crippen LogP contribution >= 0.6 is 0 Å². The molecule has 7 rings (SSSR count). The number of nitrogens with zero attached hydrogens (tertiary/aromatic N) is 3. The monoisotopic (exact) mass is 427 g/mol. The van der Waals surface area contributed by atoms with Crippen LogP contribution in [0.1, 0.15) is 61.7 Å². The van der Waals surface area contributed by atoms with Gasteiger partial charge in [-0.2, -0.15) is 4.98 Å². The highest BCUT2D eigenvalue weighted by molar-refractivity contribution is 5.99. The van der Waals surface area contributed by atoms with Crippen molar-refractivity contribution in [2.45, 2.75) is 69.1 Å². The summed E-state index contributed by atoms with van der Waals surface area (Å²) in [5.74, 6) is 2.66. The number of carbonyl (C=O) groups is 1. The summed E-state index contributed by atoms with van der Waals surface area (Å²) in [7, 11) is 0. The third kappa shape index (κ3) is 3.67. The van der Waals surface area contributed by atoms with E-state index in [4.69, 9.17) is 9.72 Å². The normalized spacial score (nSPS) is 38.6. The lowest BCUT2D eigenvalue weighted by molar-refractivity contribution is -0.136. The molecule has 8 heteroatoms. The molecule has 3 heterocycles. The average Bonchev–Trinajstić information content (AvgIpc) is 3.43. The molecular weight excluding hydrogens is 394 g/mol. The molecule has 1 aromatic heterocycles. The maximum Gasteiger partial charge on any atom is 0.256 e. The van der Waals surface area contributed by atoms with Gasteiger partial charge in [-0.1, -0.05) is 0 Å². The molecule has 0 spiro atoms. The van der Waals surface area contributed by atoms with Gasteiger partial charge in [-0.25, -0.2) is 4.98 Å². The topological polar surface area (TPSA) is 99.6 Å². The first kappa shape index (κ1) is 19.7. The van der Waals surface area contributed by atoms with E-state index in [1.807, 2.05) is 0 Å². The highest BCUT2D eigenvalue weighted by Gasteiger charge is 2.55. The molecule has 2 aliphatic heterocycles. The SMILES string of the molecule is O=C(N[C@H]1C2CC3CC1C[C@@](O)(C3)C2)c1cnc(N[C@H]2CCOC2)nc1N1CCCC1. The summed E-state index contributed by atoms with van der Waals surface area (Å²) in [6.45, 7) is 3.28. The van der Waals surface area contributed by atoms with Gasteiger partial charge in [0.2, 0.25) is 5.95 Å². The van der Waals surface area contributed by atoms with E-state index in [9.17, 15) is 9.90 Å². The molecule has 3 N–H and O–H groups in total. The Morgan fingerprint density at radius 2 is 1.97 bits per heavy atom. The molecule has 4 bridgehead atoms. The molecule has 2 saturated heterocycles. The zero-order chi connectivity index (χ0) is 21.0. The molecule has 31 heavy (non-hydrogen) atoms. The van der Waals surface area contributed by atoms with Gasteiger partial charge in [-0.3, -0.25) is 4.79 Å². The van der Waals surface area contributed by atoms with E-state index >= 15 is 0 Å². The fourth-order valence-corrected chi connectivity index (χ4v) is 7.05. The molecule has 168 valence electrons. The lowest BCUT2D eigenvalue weighted by Gasteiger charge is -2.58. The van der Waals surface area contributed by atoms with Gasteiger partial charge in [0.1, 0.15) is 11.4 Å². The number of amides is 1. The Morgan fingerprint density at radius 3 is 2.65 bits per heavy atom. The number of hydrogen-bond acceptors (Lipinski definition) is 7. The van der Waals surface area contributed by atoms with Gasteiger partial charge in [0.25, 0.3) is 5.91 Å². The second-order valence-corrected chi connectivity index (χ2v) is 10.5. The molecule has 2 unspecified atom stereocenters. The molecule has 0 radical (unpaired) electrons. The van der Waals surface area contributed by atoms with E-state index < -0.39 is 5.60 Å². The van der Waals surface area contributed by atoms with E-state index in [1.54, 1.807) is 6.20 Å². The van der Waals surface area contributed by atoms with E-state index in [-0.39, 0.29) is 18.0 Å². The molecule has 8 nitrogen and oxygen atoms in total. The number of carbonyl (C=O) groups excluding carboxylic acids is 1. The van der Waals surface area contributed by atoms with Crippen molar-refractivity contribution in [3.63, 3.8) is 0 Å². The Balaban J connectivity index is 1.23. The van der Waals surface area contributed by atoms with Crippen LogP contribution in [0.2, 0.25) is 0 Å². The van der Waals surface area contributed by atoms with Gasteiger partial charge in [0.05, 0.1) is 18.2 Å². The third-order valence-electron chi connectivity index (χ3n) is 8.22. The first-order valence-corrected chi connectivity index (χ1v) is 12.1. The van der Waals surface area contributed by atoms with E-state index in [0.717, 1.165) is 76.9 Å². The predicted octanol–water partition coefficient (Wildman–Crippen LogP) is 1.95. The van der Waals surface area contributed by atoms with E-state index in [1.165, 1.54) is 0 Å². The van der Waals surface area contributed by atoms with Crippen LogP contribution in [-0.2, 0) is 4.74 Å². The minimum atomic E-state index is -0.487. The first-order valence-electron chi connectivity index (χ1n) is 12.1. The second kappa shape index (κ2) is 7.59. The first-order chi connectivity index (χ1) is 15.1. The van der Waals surface area contributed by atoms with Crippen molar-refractivity contribution in [1.29, 1.82) is 0 Å². The Kier molecular flexibility index (Phi) is 4.83. The number of anilines is 2. The molecule has 4 aliphatic carbocycles. The molecule has 6 fully saturated rings. The summed E-state index contributed by atoms with van der Waals surface area (Å²) in [6, 6.07) is 0.383. The summed E-state index contributed by atoms with van der Waals surface area (Å²) in [6.07, 6.45) is 9.75. The van der Waals surface area contributed by atoms with Crippen molar-refractivity contribution < 1.29 is 14.6 Å². The number of ether oxygens (including phenoxy) is 1. The summed E-state index contributed by atoms with van der Waals surface area (Å²) < 4.78 is 5.45. The molecule has 0 aromatic carbocycles. The minimum absolute atomic E-state index is 0.0675. The summed E-state index contributed by atoms with van der Waals surface area (Å²) in [5.41, 5.74) is 0.0846. The molecular formula is C23H33N5O3. The lowest BCUT2D eigenvalue weighted by Crippen LogP contribution is -2.61. The van der Waals surface area contributed by atoms with Crippen molar-refractivity contribution >= 4 is 17.7 Å². The fourth-order valence-electron chi connectivity index (χ4n) is 7.05. The number of hydrogen-bond donors (Lipinski definition) is 3. The Bertz CT molecular complexity index is 836. The zero-order valence-electron chi connectivity index (χ0n) is 18.1. The summed E-state index contributed by atoms with van der Waals surface area (Å²) >= 11 is 0. The standard InChI is InChI=1S/C23H33N5O3/c29-21(26-19-15-7-14-8-16(19)11-23(30,9-14)10-15)18-12-24-22(25-17-3-6-31-13-17)27-20(18)28-4-1-2-5-28/h12,14-17,19,30H,1-11,13H2,(H,26,29)(H,24,25,27)/t14?,15?,16?,17-,19-,23+/m0/s1. The highest BCUT2D eigenvalue weighted by atomic mass is 16.5. The van der Waals surface area contributed by atoms with Gasteiger partial charge in [-0.15, -0.1) is 0 Å². The van der Waals surface area contributed by atoms with Gasteiger partial charge in [0, 0.05) is 31.9 Å². The zero-order valence-corrected chi connectivity index (χ0v) is 18.1. The van der Waals surface area contributed by atoms with Gasteiger partial charge in [-0.05, 0) is 69.1 Å². The highest BCUT2D eigenvalue weighted by Crippen LogP contribution is 2.55. The van der Waals surface area contributed by atoms with Crippen LogP contribution < -0.4 is 15.5 Å². The predicted molar refractivity (Wildman–Crippen MR) is 116 cm³/mol. The number of aromatic nitrogens is 2. The van der Waals surface area contributed by atoms with Gasteiger partial charge in [0.15, 0.2) is 0 Å². The number of nitrogens with one attached hydrogen (secondary N) is 2. The smallest absolute Gasteiger partial charge is 0.256 e. The van der Waals surface area contributed by atoms with Crippen molar-refractivity contribution in [3.8, 4) is 0 Å². The van der Waals surface area contributed by atoms with Crippen LogP contribution in [0.15, 0.2) is 6.20 Å². The van der Waals surface area contributed by atoms with Crippen molar-refractivity contribution in [1.82, 2.24) is 15.3 Å². The Morgan fingerprint density at radius 1 is 1.19 bits per heavy atom. The van der Waals surface area contributed by atoms with Gasteiger partial charge >= 0.3 is 0 Å². The maximum absolute atomic E-state index is 13.4. The van der Waals surface area contributed by atoms with Crippen LogP contribution in [0.4, 0.5) is 11.8 Å². The van der Waals surface area contributed by atoms with Crippen molar-refractivity contribution in [2.75, 3.05) is 36.5 Å². The maximum atomic E-state index is 13.4. The van der Waals surface area contributed by atoms with Crippen LogP contribution in [0.25, 0.3) is 0 Å². The summed E-state index contributed by atoms with van der Waals surface area (Å²) in [5, 5.41) is 17.6. The summed E-state index contributed by atoms with van der Waals surface area (Å²) in [4.78, 5) is 24.9. The average molecular weight is 428 g/mol. The quantitative estimate of drug-likeness (QED) is 0.660. The molecule has 1 aromatic rings. The van der Waals surface area contributed by atoms with Crippen LogP contribution in [0.3, 0.4) is 0 Å². The Labute approximate surface area is 183 Å². The van der Waals surface area contributed by atoms with Crippen LogP contribution in [0, 0.1) is 17.8 Å². The molecule has 3 atom stereocenters. The van der Waals surface area contributed by atoms with E-state index in [0.29, 0.717) is 35.9 Å². The lowest BCUT2D eigenvalue weighted by atomic mass is 9.52. The second-order valence-electron chi connectivity index (χ2n) is 10.5. The van der Waals surface area contributed by atoms with E-state index in [2.05, 4.69) is 20.5 Å². The molecule has 6 aliphatic rings. The van der Waals surface area contributed by atoms with Gasteiger partial charge < -0.3 is 25.4 Å². The minimum Gasteiger partial charge on any atom is -0.390 e. The fraction of sp³-hybridized carbons (Fsp3) is 0.783. The molecule has 1 amide bonds. The Hall–Kier alpha value is -1.93. The van der Waals surface area contributed by atoms with Crippen molar-refractivity contribution in [2.24, 2.45) is 17.8 Å². The molecule has 4 saturated carbocycles.